The number of likely N-dealkylation sites (N-methyl/N-ethyl adjacent to an activating group) is 1. The molecule has 1 heterocycles. The molecule has 0 unspecified atom stereocenters. The maximum atomic E-state index is 11.3. The van der Waals surface area contributed by atoms with Crippen LogP contribution in [-0.2, 0) is 9.53 Å². The quantitative estimate of drug-likeness (QED) is 0.708. The van der Waals surface area contributed by atoms with Crippen molar-refractivity contribution in [2.75, 3.05) is 32.2 Å². The number of hydrogen-bond acceptors (Lipinski definition) is 6. The first-order chi connectivity index (χ1) is 8.13. The van der Waals surface area contributed by atoms with Gasteiger partial charge in [-0.15, -0.1) is 0 Å². The third-order valence-corrected chi connectivity index (χ3v) is 2.43. The smallest absolute Gasteiger partial charge is 0.325 e. The number of aromatic nitrogens is 2. The normalized spacial score (nSPS) is 9.88. The summed E-state index contributed by atoms with van der Waals surface area (Å²) in [6.45, 7) is 4.61. The van der Waals surface area contributed by atoms with E-state index in [1.807, 2.05) is 18.7 Å². The number of carbonyl (C=O) groups is 1. The van der Waals surface area contributed by atoms with Gasteiger partial charge in [0.15, 0.2) is 0 Å². The van der Waals surface area contributed by atoms with E-state index in [-0.39, 0.29) is 12.5 Å². The monoisotopic (exact) mass is 239 g/mol. The Morgan fingerprint density at radius 3 is 2.65 bits per heavy atom. The van der Waals surface area contributed by atoms with Gasteiger partial charge < -0.3 is 14.4 Å². The molecule has 6 heteroatoms. The lowest BCUT2D eigenvalue weighted by atomic mass is 10.3. The summed E-state index contributed by atoms with van der Waals surface area (Å²) in [5.41, 5.74) is 0.806. The Balaban J connectivity index is 2.99. The minimum atomic E-state index is -0.302. The van der Waals surface area contributed by atoms with Crippen molar-refractivity contribution < 1.29 is 14.3 Å². The van der Waals surface area contributed by atoms with Gasteiger partial charge in [-0.25, -0.2) is 9.97 Å². The molecule has 0 aromatic carbocycles. The average Bonchev–Trinajstić information content (AvgIpc) is 2.36. The summed E-state index contributed by atoms with van der Waals surface area (Å²) < 4.78 is 9.76. The molecule has 0 spiro atoms. The lowest BCUT2D eigenvalue weighted by Gasteiger charge is -2.22. The van der Waals surface area contributed by atoms with Gasteiger partial charge in [0.25, 0.3) is 0 Å². The van der Waals surface area contributed by atoms with Gasteiger partial charge in [-0.1, -0.05) is 0 Å². The molecule has 6 nitrogen and oxygen atoms in total. The van der Waals surface area contributed by atoms with Crippen LogP contribution in [0, 0.1) is 6.92 Å². The fourth-order valence-electron chi connectivity index (χ4n) is 1.51. The van der Waals surface area contributed by atoms with Gasteiger partial charge in [-0.05, 0) is 13.8 Å². The average molecular weight is 239 g/mol. The van der Waals surface area contributed by atoms with E-state index >= 15 is 0 Å². The molecule has 0 bridgehead atoms. The van der Waals surface area contributed by atoms with E-state index in [1.165, 1.54) is 13.4 Å². The molecule has 0 saturated carbocycles. The Hall–Kier alpha value is -1.85. The third kappa shape index (κ3) is 3.05. The molecular formula is C11H17N3O3. The molecule has 1 rings (SSSR count). The summed E-state index contributed by atoms with van der Waals surface area (Å²) in [6.07, 6.45) is 1.42. The largest absolute Gasteiger partial charge is 0.481 e. The van der Waals surface area contributed by atoms with Crippen LogP contribution in [0.15, 0.2) is 6.33 Å². The zero-order valence-electron chi connectivity index (χ0n) is 10.6. The first-order valence-electron chi connectivity index (χ1n) is 5.31. The Labute approximate surface area is 101 Å². The molecule has 0 amide bonds. The van der Waals surface area contributed by atoms with Gasteiger partial charge in [-0.2, -0.15) is 0 Å². The highest BCUT2D eigenvalue weighted by Gasteiger charge is 2.16. The molecule has 0 atom stereocenters. The topological polar surface area (TPSA) is 64.6 Å². The van der Waals surface area contributed by atoms with Gasteiger partial charge in [0.05, 0.1) is 19.8 Å². The molecular weight excluding hydrogens is 222 g/mol. The van der Waals surface area contributed by atoms with E-state index in [0.29, 0.717) is 18.2 Å². The van der Waals surface area contributed by atoms with Crippen molar-refractivity contribution in [2.45, 2.75) is 13.8 Å². The Morgan fingerprint density at radius 2 is 2.12 bits per heavy atom. The van der Waals surface area contributed by atoms with Crippen LogP contribution in [-0.4, -0.2) is 43.2 Å². The number of nitrogens with zero attached hydrogens (tertiary/aromatic N) is 3. The van der Waals surface area contributed by atoms with Crippen LogP contribution >= 0.6 is 0 Å². The third-order valence-electron chi connectivity index (χ3n) is 2.43. The van der Waals surface area contributed by atoms with Crippen LogP contribution in [0.25, 0.3) is 0 Å². The predicted molar refractivity (Wildman–Crippen MR) is 63.2 cm³/mol. The predicted octanol–water partition coefficient (Wildman–Crippen LogP) is 0.793. The molecule has 0 saturated heterocycles. The second-order valence-electron chi connectivity index (χ2n) is 3.42. The molecule has 0 N–H and O–H groups in total. The molecule has 1 aromatic rings. The van der Waals surface area contributed by atoms with Crippen molar-refractivity contribution in [3.8, 4) is 5.88 Å². The van der Waals surface area contributed by atoms with E-state index in [4.69, 9.17) is 4.74 Å². The maximum Gasteiger partial charge on any atom is 0.325 e. The van der Waals surface area contributed by atoms with E-state index in [2.05, 4.69) is 14.7 Å². The number of methoxy groups -OCH3 is 2. The van der Waals surface area contributed by atoms with Crippen LogP contribution in [0.2, 0.25) is 0 Å². The number of rotatable bonds is 5. The Bertz CT molecular complexity index is 396. The van der Waals surface area contributed by atoms with Crippen LogP contribution in [0.4, 0.5) is 5.82 Å². The molecule has 0 radical (unpaired) electrons. The highest BCUT2D eigenvalue weighted by molar-refractivity contribution is 5.75. The molecule has 94 valence electrons. The van der Waals surface area contributed by atoms with Crippen LogP contribution in [0.5, 0.6) is 5.88 Å². The molecule has 0 aliphatic rings. The van der Waals surface area contributed by atoms with Crippen molar-refractivity contribution in [3.63, 3.8) is 0 Å². The van der Waals surface area contributed by atoms with Crippen molar-refractivity contribution in [1.29, 1.82) is 0 Å². The first-order valence-corrected chi connectivity index (χ1v) is 5.31. The number of esters is 1. The lowest BCUT2D eigenvalue weighted by Crippen LogP contribution is -2.31. The highest BCUT2D eigenvalue weighted by atomic mass is 16.5. The SMILES string of the molecule is CCN(CC(=O)OC)c1ncnc(OC)c1C. The number of ether oxygens (including phenoxy) is 2. The van der Waals surface area contributed by atoms with Gasteiger partial charge in [0.1, 0.15) is 18.7 Å². The van der Waals surface area contributed by atoms with Gasteiger partial charge in [0.2, 0.25) is 5.88 Å². The highest BCUT2D eigenvalue weighted by Crippen LogP contribution is 2.23. The Kier molecular flexibility index (Phi) is 4.68. The van der Waals surface area contributed by atoms with Crippen LogP contribution in [0.3, 0.4) is 0 Å². The zero-order chi connectivity index (χ0) is 12.8. The minimum Gasteiger partial charge on any atom is -0.481 e. The second-order valence-corrected chi connectivity index (χ2v) is 3.42. The van der Waals surface area contributed by atoms with Crippen molar-refractivity contribution in [1.82, 2.24) is 9.97 Å². The standard InChI is InChI=1S/C11H17N3O3/c1-5-14(6-9(15)16-3)10-8(2)11(17-4)13-7-12-10/h7H,5-6H2,1-4H3. The molecule has 0 aliphatic heterocycles. The molecule has 1 aromatic heterocycles. The zero-order valence-corrected chi connectivity index (χ0v) is 10.6. The summed E-state index contributed by atoms with van der Waals surface area (Å²) in [4.78, 5) is 21.3. The summed E-state index contributed by atoms with van der Waals surface area (Å²) >= 11 is 0. The maximum absolute atomic E-state index is 11.3. The minimum absolute atomic E-state index is 0.161. The fraction of sp³-hybridized carbons (Fsp3) is 0.545. The summed E-state index contributed by atoms with van der Waals surface area (Å²) in [5.74, 6) is 0.895. The van der Waals surface area contributed by atoms with Crippen molar-refractivity contribution in [3.05, 3.63) is 11.9 Å². The van der Waals surface area contributed by atoms with Crippen LogP contribution < -0.4 is 9.64 Å². The summed E-state index contributed by atoms with van der Waals surface area (Å²) in [6, 6.07) is 0. The molecule has 0 fully saturated rings. The van der Waals surface area contributed by atoms with E-state index in [1.54, 1.807) is 7.11 Å². The van der Waals surface area contributed by atoms with Crippen LogP contribution in [0.1, 0.15) is 12.5 Å². The van der Waals surface area contributed by atoms with E-state index in [0.717, 1.165) is 5.56 Å². The number of hydrogen-bond donors (Lipinski definition) is 0. The van der Waals surface area contributed by atoms with Gasteiger partial charge in [0, 0.05) is 6.54 Å². The number of carbonyl (C=O) groups excluding carboxylic acids is 1. The van der Waals surface area contributed by atoms with Gasteiger partial charge in [-0.3, -0.25) is 4.79 Å². The van der Waals surface area contributed by atoms with Gasteiger partial charge >= 0.3 is 5.97 Å². The van der Waals surface area contributed by atoms with E-state index in [9.17, 15) is 4.79 Å². The molecule has 0 aliphatic carbocycles. The Morgan fingerprint density at radius 1 is 1.41 bits per heavy atom. The number of anilines is 1. The first kappa shape index (κ1) is 13.2. The fourth-order valence-corrected chi connectivity index (χ4v) is 1.51. The van der Waals surface area contributed by atoms with Crippen molar-refractivity contribution in [2.24, 2.45) is 0 Å². The molecule has 17 heavy (non-hydrogen) atoms. The summed E-state index contributed by atoms with van der Waals surface area (Å²) in [7, 11) is 2.92. The summed E-state index contributed by atoms with van der Waals surface area (Å²) in [5, 5.41) is 0. The van der Waals surface area contributed by atoms with Crippen molar-refractivity contribution >= 4 is 11.8 Å². The lowest BCUT2D eigenvalue weighted by molar-refractivity contribution is -0.138. The second kappa shape index (κ2) is 6.03. The van der Waals surface area contributed by atoms with E-state index < -0.39 is 0 Å².